The highest BCUT2D eigenvalue weighted by Gasteiger charge is 2.70. The number of Topliss-reactive ketones (excluding diaryl/α,β-unsaturated/α-hetero) is 1. The maximum atomic E-state index is 14.7. The lowest BCUT2D eigenvalue weighted by molar-refractivity contribution is -0.163. The molecule has 6 heteroatoms. The molecule has 3 fully saturated rings. The molecule has 0 saturated heterocycles. The summed E-state index contributed by atoms with van der Waals surface area (Å²) in [4.78, 5) is 47.2. The Morgan fingerprint density at radius 3 is 2.40 bits per heavy atom. The van der Waals surface area contributed by atoms with E-state index in [1.807, 2.05) is 43.7 Å². The average Bonchev–Trinajstić information content (AvgIpc) is 3.44. The average molecular weight is 614 g/mol. The third-order valence-corrected chi connectivity index (χ3v) is 13.7. The molecule has 3 saturated carbocycles. The van der Waals surface area contributed by atoms with Crippen LogP contribution in [0.25, 0.3) is 0 Å². The zero-order chi connectivity index (χ0) is 33.2. The zero-order valence-electron chi connectivity index (χ0n) is 29.3. The number of aromatic nitrogens is 2. The number of imidazole rings is 1. The Hall–Kier alpha value is -2.81. The van der Waals surface area contributed by atoms with Gasteiger partial charge >= 0.3 is 0 Å². The lowest BCUT2D eigenvalue weighted by Crippen LogP contribution is -2.65. The number of nitrogens with zero attached hydrogens (tertiary/aromatic N) is 3. The van der Waals surface area contributed by atoms with Crippen LogP contribution in [0.15, 0.2) is 35.7 Å². The van der Waals surface area contributed by atoms with Crippen molar-refractivity contribution in [3.63, 3.8) is 0 Å². The van der Waals surface area contributed by atoms with Crippen molar-refractivity contribution in [3.05, 3.63) is 41.5 Å². The minimum Gasteiger partial charge on any atom is -0.295 e. The molecule has 0 aliphatic heterocycles. The number of carbonyl (C=O) groups is 3. The maximum Gasteiger partial charge on any atom is 0.238 e. The molecule has 1 aromatic rings. The Bertz CT molecular complexity index is 1490. The van der Waals surface area contributed by atoms with E-state index in [9.17, 15) is 19.6 Å². The van der Waals surface area contributed by atoms with Crippen LogP contribution in [-0.4, -0.2) is 27.0 Å². The summed E-state index contributed by atoms with van der Waals surface area (Å²) in [5.74, 6) is 0.653. The van der Waals surface area contributed by atoms with Crippen LogP contribution in [0.2, 0.25) is 0 Å². The lowest BCUT2D eigenvalue weighted by atomic mass is 9.35. The monoisotopic (exact) mass is 613 g/mol. The molecular formula is C39H55N3O3. The summed E-state index contributed by atoms with van der Waals surface area (Å²) < 4.78 is 1.82. The predicted octanol–water partition coefficient (Wildman–Crippen LogP) is 8.72. The molecule has 0 radical (unpaired) electrons. The number of carbonyl (C=O) groups excluding carboxylic acids is 3. The van der Waals surface area contributed by atoms with Gasteiger partial charge in [-0.15, -0.1) is 0 Å². The fourth-order valence-electron chi connectivity index (χ4n) is 11.0. The minimum atomic E-state index is -0.574. The minimum absolute atomic E-state index is 0.0354. The summed E-state index contributed by atoms with van der Waals surface area (Å²) in [6, 6.07) is 2.16. The summed E-state index contributed by atoms with van der Waals surface area (Å²) in [5, 5.41) is 9.74. The summed E-state index contributed by atoms with van der Waals surface area (Å²) in [6.07, 6.45) is 15.8. The van der Waals surface area contributed by atoms with Gasteiger partial charge in [-0.1, -0.05) is 74.0 Å². The van der Waals surface area contributed by atoms with Crippen molar-refractivity contribution in [2.24, 2.45) is 50.7 Å². The Morgan fingerprint density at radius 1 is 1.04 bits per heavy atom. The second kappa shape index (κ2) is 11.5. The van der Waals surface area contributed by atoms with E-state index >= 15 is 0 Å². The first-order valence-electron chi connectivity index (χ1n) is 17.7. The largest absolute Gasteiger partial charge is 0.295 e. The number of fused-ring (bicyclic) bond motifs is 7. The Morgan fingerprint density at radius 2 is 1.73 bits per heavy atom. The molecule has 6 rings (SSSR count). The summed E-state index contributed by atoms with van der Waals surface area (Å²) >= 11 is 0. The van der Waals surface area contributed by atoms with Gasteiger partial charge in [0.1, 0.15) is 11.9 Å². The molecule has 6 nitrogen and oxygen atoms in total. The molecule has 1 aromatic heterocycles. The van der Waals surface area contributed by atoms with Crippen molar-refractivity contribution in [3.8, 4) is 6.07 Å². The number of aryl methyl sites for hydroxylation is 1. The normalized spacial score (nSPS) is 40.1. The Kier molecular flexibility index (Phi) is 8.55. The van der Waals surface area contributed by atoms with Crippen LogP contribution >= 0.6 is 0 Å². The number of hydrogen-bond acceptors (Lipinski definition) is 5. The van der Waals surface area contributed by atoms with Crippen LogP contribution in [-0.2, 0) is 16.0 Å². The number of allylic oxidation sites excluding steroid dienone is 4. The molecular weight excluding hydrogens is 558 g/mol. The maximum absolute atomic E-state index is 14.7. The molecule has 5 aliphatic carbocycles. The number of hydrogen-bond donors (Lipinski definition) is 0. The molecule has 0 amide bonds. The van der Waals surface area contributed by atoms with Gasteiger partial charge in [-0.2, -0.15) is 5.26 Å². The third kappa shape index (κ3) is 4.69. The van der Waals surface area contributed by atoms with Gasteiger partial charge in [0.15, 0.2) is 11.6 Å². The van der Waals surface area contributed by atoms with Gasteiger partial charge in [-0.25, -0.2) is 4.98 Å². The first kappa shape index (κ1) is 33.6. The van der Waals surface area contributed by atoms with Crippen LogP contribution in [0.4, 0.5) is 0 Å². The number of ketones is 2. The standard InChI is InChI=1S/C37H49N3O3.C2H6/c1-8-9-29-39-18-19-40(29)32(43)37-16-14-33(3,4)21-26(37)30-27(41)20-28-34(5)12-10-24(22-38)31(42)23(2)25(34)11-13-35(28,6)36(30,7)15-17-37;1-2/h10,18-20,23,25-26,30H,8-9,11-17,21H2,1-7H3;1-2H3/t23-,25?,26?,30?,34+,35-,36?,37+;/m1./s1. The summed E-state index contributed by atoms with van der Waals surface area (Å²) in [5.41, 5.74) is 0.0310. The number of nitriles is 1. The lowest BCUT2D eigenvalue weighted by Gasteiger charge is -2.68. The molecule has 0 spiro atoms. The van der Waals surface area contributed by atoms with Crippen molar-refractivity contribution >= 4 is 17.5 Å². The van der Waals surface area contributed by atoms with Crippen molar-refractivity contribution < 1.29 is 14.4 Å². The smallest absolute Gasteiger partial charge is 0.238 e. The van der Waals surface area contributed by atoms with E-state index in [0.29, 0.717) is 6.42 Å². The SMILES string of the molecule is CC.CCCc1nccn1C(=O)[C@]12CCC(C)(C)CC1C1C(=O)C=C3[C@@]4(C)CC=C(C#N)C(=O)[C@H](C)C4CC[C@@]3(C)C1(C)CC2. The van der Waals surface area contributed by atoms with E-state index in [-0.39, 0.29) is 68.4 Å². The predicted molar refractivity (Wildman–Crippen MR) is 177 cm³/mol. The molecule has 4 unspecified atom stereocenters. The first-order chi connectivity index (χ1) is 21.2. The molecule has 1 heterocycles. The van der Waals surface area contributed by atoms with E-state index in [1.165, 1.54) is 5.57 Å². The van der Waals surface area contributed by atoms with Gasteiger partial charge in [-0.3, -0.25) is 19.0 Å². The molecule has 0 bridgehead atoms. The first-order valence-corrected chi connectivity index (χ1v) is 17.7. The summed E-state index contributed by atoms with van der Waals surface area (Å²) in [7, 11) is 0. The molecule has 45 heavy (non-hydrogen) atoms. The molecule has 244 valence electrons. The third-order valence-electron chi connectivity index (χ3n) is 13.7. The van der Waals surface area contributed by atoms with Crippen molar-refractivity contribution in [1.29, 1.82) is 5.26 Å². The molecule has 5 aliphatic rings. The van der Waals surface area contributed by atoms with Crippen LogP contribution in [0.1, 0.15) is 131 Å². The van der Waals surface area contributed by atoms with Crippen molar-refractivity contribution in [1.82, 2.24) is 9.55 Å². The number of rotatable bonds is 3. The van der Waals surface area contributed by atoms with Gasteiger partial charge in [0, 0.05) is 30.7 Å². The molecule has 8 atom stereocenters. The van der Waals surface area contributed by atoms with Crippen molar-refractivity contribution in [2.75, 3.05) is 0 Å². The van der Waals surface area contributed by atoms with E-state index in [2.05, 4.69) is 52.6 Å². The fourth-order valence-corrected chi connectivity index (χ4v) is 11.0. The Labute approximate surface area is 271 Å². The van der Waals surface area contributed by atoms with Crippen LogP contribution in [0.3, 0.4) is 0 Å². The van der Waals surface area contributed by atoms with Gasteiger partial charge < -0.3 is 0 Å². The second-order valence-corrected chi connectivity index (χ2v) is 16.2. The van der Waals surface area contributed by atoms with E-state index in [1.54, 1.807) is 6.20 Å². The van der Waals surface area contributed by atoms with E-state index < -0.39 is 5.41 Å². The van der Waals surface area contributed by atoms with Crippen LogP contribution < -0.4 is 0 Å². The molecule has 0 aromatic carbocycles. The highest BCUT2D eigenvalue weighted by Crippen LogP contribution is 2.74. The van der Waals surface area contributed by atoms with Gasteiger partial charge in [0.25, 0.3) is 0 Å². The topological polar surface area (TPSA) is 92.8 Å². The van der Waals surface area contributed by atoms with Crippen LogP contribution in [0, 0.1) is 62.1 Å². The van der Waals surface area contributed by atoms with Gasteiger partial charge in [-0.05, 0) is 97.4 Å². The van der Waals surface area contributed by atoms with Crippen LogP contribution in [0.5, 0.6) is 0 Å². The van der Waals surface area contributed by atoms with E-state index in [0.717, 1.165) is 63.6 Å². The Balaban J connectivity index is 0.00000196. The zero-order valence-corrected chi connectivity index (χ0v) is 29.3. The highest BCUT2D eigenvalue weighted by atomic mass is 16.2. The van der Waals surface area contributed by atoms with Gasteiger partial charge in [0.2, 0.25) is 5.91 Å². The second-order valence-electron chi connectivity index (χ2n) is 16.2. The highest BCUT2D eigenvalue weighted by molar-refractivity contribution is 6.01. The quantitative estimate of drug-likeness (QED) is 0.340. The fraction of sp³-hybridized carbons (Fsp3) is 0.718. The van der Waals surface area contributed by atoms with Crippen molar-refractivity contribution in [2.45, 2.75) is 127 Å². The summed E-state index contributed by atoms with van der Waals surface area (Å²) in [6.45, 7) is 19.7. The van der Waals surface area contributed by atoms with E-state index in [4.69, 9.17) is 0 Å². The van der Waals surface area contributed by atoms with Gasteiger partial charge in [0.05, 0.1) is 11.0 Å². The molecule has 0 N–H and O–H groups in total.